The smallest absolute Gasteiger partial charge is 0.254 e. The van der Waals surface area contributed by atoms with Crippen LogP contribution in [-0.4, -0.2) is 36.5 Å². The van der Waals surface area contributed by atoms with Gasteiger partial charge in [0.2, 0.25) is 0 Å². The van der Waals surface area contributed by atoms with Crippen LogP contribution in [0.2, 0.25) is 0 Å². The highest BCUT2D eigenvalue weighted by atomic mass is 35.5. The number of amides is 1. The van der Waals surface area contributed by atoms with Crippen LogP contribution in [0.1, 0.15) is 66.8 Å². The monoisotopic (exact) mass is 348 g/mol. The van der Waals surface area contributed by atoms with Crippen LogP contribution in [-0.2, 0) is 0 Å². The standard InChI is InChI=1S/C20H28N2O.ClH/c23-20(22(14-15-9-10-15)17-11-12-21-13-17)19-8-4-3-7-18(19)16-5-1-2-6-16;/h3-4,7-8,15-17,21H,1-2,5-6,9-14H2;1H/t17-;/m0./s1. The quantitative estimate of drug-likeness (QED) is 0.872. The summed E-state index contributed by atoms with van der Waals surface area (Å²) in [6.45, 7) is 2.97. The lowest BCUT2D eigenvalue weighted by molar-refractivity contribution is 0.0680. The van der Waals surface area contributed by atoms with Gasteiger partial charge >= 0.3 is 0 Å². The predicted molar refractivity (Wildman–Crippen MR) is 99.9 cm³/mol. The van der Waals surface area contributed by atoms with Crippen molar-refractivity contribution in [2.75, 3.05) is 19.6 Å². The molecule has 4 heteroatoms. The number of carbonyl (C=O) groups excluding carboxylic acids is 1. The Balaban J connectivity index is 0.00000169. The Morgan fingerprint density at radius 2 is 1.83 bits per heavy atom. The van der Waals surface area contributed by atoms with Crippen molar-refractivity contribution >= 4 is 18.3 Å². The molecule has 0 unspecified atom stereocenters. The predicted octanol–water partition coefficient (Wildman–Crippen LogP) is 3.98. The van der Waals surface area contributed by atoms with Crippen LogP contribution >= 0.6 is 12.4 Å². The Morgan fingerprint density at radius 3 is 2.50 bits per heavy atom. The van der Waals surface area contributed by atoms with E-state index in [-0.39, 0.29) is 18.3 Å². The molecule has 1 aliphatic heterocycles. The zero-order valence-corrected chi connectivity index (χ0v) is 15.2. The molecule has 24 heavy (non-hydrogen) atoms. The lowest BCUT2D eigenvalue weighted by Crippen LogP contribution is -2.43. The number of hydrogen-bond acceptors (Lipinski definition) is 2. The van der Waals surface area contributed by atoms with E-state index in [1.807, 2.05) is 6.07 Å². The van der Waals surface area contributed by atoms with Crippen molar-refractivity contribution in [3.8, 4) is 0 Å². The van der Waals surface area contributed by atoms with Crippen molar-refractivity contribution < 1.29 is 4.79 Å². The van der Waals surface area contributed by atoms with E-state index < -0.39 is 0 Å². The first-order valence-corrected chi connectivity index (χ1v) is 9.43. The SMILES string of the molecule is Cl.O=C(c1ccccc1C1CCCC1)N(CC1CC1)[C@H]1CCNC1. The second kappa shape index (κ2) is 7.88. The molecule has 1 atom stereocenters. The number of nitrogens with zero attached hydrogens (tertiary/aromatic N) is 1. The van der Waals surface area contributed by atoms with Crippen LogP contribution < -0.4 is 5.32 Å². The molecule has 3 nitrogen and oxygen atoms in total. The Morgan fingerprint density at radius 1 is 1.08 bits per heavy atom. The minimum atomic E-state index is 0. The molecule has 3 aliphatic rings. The van der Waals surface area contributed by atoms with Gasteiger partial charge in [0.15, 0.2) is 0 Å². The summed E-state index contributed by atoms with van der Waals surface area (Å²) >= 11 is 0. The molecule has 1 N–H and O–H groups in total. The van der Waals surface area contributed by atoms with Gasteiger partial charge in [-0.2, -0.15) is 0 Å². The van der Waals surface area contributed by atoms with Crippen molar-refractivity contribution in [2.45, 2.75) is 56.9 Å². The molecule has 2 aliphatic carbocycles. The summed E-state index contributed by atoms with van der Waals surface area (Å²) in [4.78, 5) is 15.6. The van der Waals surface area contributed by atoms with Crippen molar-refractivity contribution in [2.24, 2.45) is 5.92 Å². The van der Waals surface area contributed by atoms with E-state index in [4.69, 9.17) is 0 Å². The van der Waals surface area contributed by atoms with Crippen LogP contribution in [0, 0.1) is 5.92 Å². The van der Waals surface area contributed by atoms with Gasteiger partial charge in [0.05, 0.1) is 0 Å². The normalized spacial score (nSPS) is 23.9. The summed E-state index contributed by atoms with van der Waals surface area (Å²) in [6.07, 6.45) is 8.82. The molecule has 2 saturated carbocycles. The zero-order chi connectivity index (χ0) is 15.6. The van der Waals surface area contributed by atoms with Crippen molar-refractivity contribution in [1.82, 2.24) is 10.2 Å². The summed E-state index contributed by atoms with van der Waals surface area (Å²) in [6, 6.07) is 8.80. The topological polar surface area (TPSA) is 32.3 Å². The molecule has 0 aromatic heterocycles. The fraction of sp³-hybridized carbons (Fsp3) is 0.650. The Labute approximate surface area is 151 Å². The number of carbonyl (C=O) groups is 1. The molecule has 1 amide bonds. The molecule has 1 heterocycles. The molecule has 0 bridgehead atoms. The molecule has 0 spiro atoms. The number of benzene rings is 1. The maximum absolute atomic E-state index is 13.4. The summed E-state index contributed by atoms with van der Waals surface area (Å²) in [7, 11) is 0. The highest BCUT2D eigenvalue weighted by molar-refractivity contribution is 5.96. The first-order valence-electron chi connectivity index (χ1n) is 9.43. The van der Waals surface area contributed by atoms with E-state index in [9.17, 15) is 4.79 Å². The Hall–Kier alpha value is -1.06. The van der Waals surface area contributed by atoms with Crippen molar-refractivity contribution in [3.05, 3.63) is 35.4 Å². The minimum Gasteiger partial charge on any atom is -0.334 e. The summed E-state index contributed by atoms with van der Waals surface area (Å²) < 4.78 is 0. The van der Waals surface area contributed by atoms with E-state index in [0.29, 0.717) is 12.0 Å². The molecule has 1 aromatic rings. The summed E-state index contributed by atoms with van der Waals surface area (Å²) in [5.41, 5.74) is 2.29. The molecule has 0 radical (unpaired) electrons. The Bertz CT molecular complexity index is 561. The number of hydrogen-bond donors (Lipinski definition) is 1. The first kappa shape index (κ1) is 17.8. The van der Waals surface area contributed by atoms with Gasteiger partial charge in [0.1, 0.15) is 0 Å². The van der Waals surface area contributed by atoms with Gasteiger partial charge in [-0.1, -0.05) is 31.0 Å². The highest BCUT2D eigenvalue weighted by Crippen LogP contribution is 2.37. The van der Waals surface area contributed by atoms with Gasteiger partial charge in [-0.05, 0) is 62.1 Å². The maximum Gasteiger partial charge on any atom is 0.254 e. The van der Waals surface area contributed by atoms with Crippen LogP contribution in [0.5, 0.6) is 0 Å². The molecule has 1 saturated heterocycles. The maximum atomic E-state index is 13.4. The third-order valence-corrected chi connectivity index (χ3v) is 5.87. The fourth-order valence-corrected chi connectivity index (χ4v) is 4.32. The molecule has 4 rings (SSSR count). The van der Waals surface area contributed by atoms with Crippen LogP contribution in [0.4, 0.5) is 0 Å². The van der Waals surface area contributed by atoms with E-state index in [0.717, 1.165) is 37.5 Å². The van der Waals surface area contributed by atoms with E-state index in [2.05, 4.69) is 28.4 Å². The fourth-order valence-electron chi connectivity index (χ4n) is 4.32. The molecule has 3 fully saturated rings. The largest absolute Gasteiger partial charge is 0.334 e. The van der Waals surface area contributed by atoms with E-state index in [1.165, 1.54) is 44.1 Å². The average Bonchev–Trinajstić information content (AvgIpc) is 3.07. The van der Waals surface area contributed by atoms with Gasteiger partial charge in [-0.25, -0.2) is 0 Å². The van der Waals surface area contributed by atoms with Gasteiger partial charge < -0.3 is 10.2 Å². The number of rotatable bonds is 5. The third kappa shape index (κ3) is 3.78. The van der Waals surface area contributed by atoms with Gasteiger partial charge in [0.25, 0.3) is 5.91 Å². The summed E-state index contributed by atoms with van der Waals surface area (Å²) in [5, 5.41) is 3.43. The zero-order valence-electron chi connectivity index (χ0n) is 14.4. The second-order valence-corrected chi connectivity index (χ2v) is 7.62. The van der Waals surface area contributed by atoms with Gasteiger partial charge in [0, 0.05) is 24.7 Å². The minimum absolute atomic E-state index is 0. The van der Waals surface area contributed by atoms with Crippen LogP contribution in [0.25, 0.3) is 0 Å². The van der Waals surface area contributed by atoms with Gasteiger partial charge in [-0.3, -0.25) is 4.79 Å². The van der Waals surface area contributed by atoms with Crippen LogP contribution in [0.3, 0.4) is 0 Å². The summed E-state index contributed by atoms with van der Waals surface area (Å²) in [5.74, 6) is 1.63. The lowest BCUT2D eigenvalue weighted by Gasteiger charge is -2.30. The van der Waals surface area contributed by atoms with Crippen molar-refractivity contribution in [3.63, 3.8) is 0 Å². The molecule has 132 valence electrons. The molecular formula is C20H29ClN2O. The lowest BCUT2D eigenvalue weighted by atomic mass is 9.92. The highest BCUT2D eigenvalue weighted by Gasteiger charge is 2.34. The first-order chi connectivity index (χ1) is 11.3. The van der Waals surface area contributed by atoms with E-state index in [1.54, 1.807) is 0 Å². The number of halogens is 1. The Kier molecular flexibility index (Phi) is 5.83. The second-order valence-electron chi connectivity index (χ2n) is 7.62. The molecular weight excluding hydrogens is 320 g/mol. The number of nitrogens with one attached hydrogen (secondary N) is 1. The van der Waals surface area contributed by atoms with Crippen molar-refractivity contribution in [1.29, 1.82) is 0 Å². The average molecular weight is 349 g/mol. The molecule has 1 aromatic carbocycles. The van der Waals surface area contributed by atoms with Crippen LogP contribution in [0.15, 0.2) is 24.3 Å². The third-order valence-electron chi connectivity index (χ3n) is 5.87. The van der Waals surface area contributed by atoms with Gasteiger partial charge in [-0.15, -0.1) is 12.4 Å². The van der Waals surface area contributed by atoms with E-state index >= 15 is 0 Å².